The summed E-state index contributed by atoms with van der Waals surface area (Å²) in [7, 11) is 0. The summed E-state index contributed by atoms with van der Waals surface area (Å²) in [5.41, 5.74) is 7.15. The van der Waals surface area contributed by atoms with Crippen LogP contribution in [0, 0.1) is 0 Å². The van der Waals surface area contributed by atoms with Crippen molar-refractivity contribution in [2.24, 2.45) is 5.73 Å². The van der Waals surface area contributed by atoms with Crippen molar-refractivity contribution in [3.8, 4) is 0 Å². The molecule has 0 aliphatic heterocycles. The van der Waals surface area contributed by atoms with E-state index in [0.717, 1.165) is 12.8 Å². The first-order valence-corrected chi connectivity index (χ1v) is 5.27. The smallest absolute Gasteiger partial charge is 0.0730 e. The Morgan fingerprint density at radius 1 is 1.20 bits per heavy atom. The van der Waals surface area contributed by atoms with E-state index in [9.17, 15) is 0 Å². The summed E-state index contributed by atoms with van der Waals surface area (Å²) in [4.78, 5) is 0. The van der Waals surface area contributed by atoms with Gasteiger partial charge in [0.2, 0.25) is 0 Å². The highest BCUT2D eigenvalue weighted by Gasteiger charge is 2.24. The van der Waals surface area contributed by atoms with Crippen LogP contribution in [0.5, 0.6) is 0 Å². The molecule has 2 nitrogen and oxygen atoms in total. The molecule has 0 heterocycles. The molecular weight excluding hydrogens is 210 g/mol. The van der Waals surface area contributed by atoms with E-state index in [1.165, 1.54) is 12.0 Å². The zero-order valence-corrected chi connectivity index (χ0v) is 9.58. The van der Waals surface area contributed by atoms with Crippen molar-refractivity contribution in [2.45, 2.75) is 38.0 Å². The highest BCUT2D eigenvalue weighted by molar-refractivity contribution is 5.85. The van der Waals surface area contributed by atoms with Gasteiger partial charge in [-0.2, -0.15) is 0 Å². The summed E-state index contributed by atoms with van der Waals surface area (Å²) < 4.78 is 5.78. The van der Waals surface area contributed by atoms with Gasteiger partial charge in [0.1, 0.15) is 0 Å². The molecule has 2 N–H and O–H groups in total. The predicted octanol–water partition coefficient (Wildman–Crippen LogP) is 2.50. The molecule has 84 valence electrons. The maximum absolute atomic E-state index is 5.92. The summed E-state index contributed by atoms with van der Waals surface area (Å²) in [5, 5.41) is 0. The fraction of sp³-hybridized carbons (Fsp3) is 0.500. The predicted molar refractivity (Wildman–Crippen MR) is 64.1 cm³/mol. The Bertz CT molecular complexity index is 278. The fourth-order valence-electron chi connectivity index (χ4n) is 1.94. The Kier molecular flexibility index (Phi) is 5.09. The number of halogens is 1. The van der Waals surface area contributed by atoms with Gasteiger partial charge in [-0.3, -0.25) is 0 Å². The normalized spacial score (nSPS) is 24.9. The molecule has 2 rings (SSSR count). The van der Waals surface area contributed by atoms with E-state index in [4.69, 9.17) is 10.5 Å². The Balaban J connectivity index is 0.00000112. The molecule has 1 saturated carbocycles. The lowest BCUT2D eigenvalue weighted by molar-refractivity contribution is 0.0357. The lowest BCUT2D eigenvalue weighted by atomic mass is 10.2. The van der Waals surface area contributed by atoms with Gasteiger partial charge in [0, 0.05) is 6.04 Å². The molecule has 1 aliphatic carbocycles. The minimum Gasteiger partial charge on any atom is -0.372 e. The zero-order chi connectivity index (χ0) is 9.80. The van der Waals surface area contributed by atoms with Crippen LogP contribution in [-0.4, -0.2) is 12.1 Å². The van der Waals surface area contributed by atoms with Crippen molar-refractivity contribution in [1.82, 2.24) is 0 Å². The first kappa shape index (κ1) is 12.5. The monoisotopic (exact) mass is 227 g/mol. The average Bonchev–Trinajstić information content (AvgIpc) is 2.63. The van der Waals surface area contributed by atoms with Crippen molar-refractivity contribution in [2.75, 3.05) is 0 Å². The third-order valence-corrected chi connectivity index (χ3v) is 2.81. The molecule has 0 radical (unpaired) electrons. The van der Waals surface area contributed by atoms with Crippen LogP contribution in [0.3, 0.4) is 0 Å². The number of nitrogens with two attached hydrogens (primary N) is 1. The fourth-order valence-corrected chi connectivity index (χ4v) is 1.94. The van der Waals surface area contributed by atoms with E-state index in [0.29, 0.717) is 6.61 Å². The maximum atomic E-state index is 5.92. The number of hydrogen-bond donors (Lipinski definition) is 1. The second-order valence-electron chi connectivity index (χ2n) is 3.93. The van der Waals surface area contributed by atoms with Crippen molar-refractivity contribution < 1.29 is 4.74 Å². The molecule has 1 aromatic rings. The number of ether oxygens (including phenoxy) is 1. The molecular formula is C12H18ClNO. The van der Waals surface area contributed by atoms with Crippen LogP contribution in [0.1, 0.15) is 24.8 Å². The molecule has 3 heteroatoms. The Morgan fingerprint density at radius 2 is 1.93 bits per heavy atom. The number of rotatable bonds is 3. The molecule has 0 bridgehead atoms. The molecule has 1 aromatic carbocycles. The number of hydrogen-bond acceptors (Lipinski definition) is 2. The molecule has 0 amide bonds. The van der Waals surface area contributed by atoms with Gasteiger partial charge >= 0.3 is 0 Å². The average molecular weight is 228 g/mol. The quantitative estimate of drug-likeness (QED) is 0.861. The van der Waals surface area contributed by atoms with Gasteiger partial charge in [-0.15, -0.1) is 12.4 Å². The first-order chi connectivity index (χ1) is 6.86. The SMILES string of the molecule is Cl.N[C@H]1CCC[C@@H]1OCc1ccccc1. The topological polar surface area (TPSA) is 35.2 Å². The lowest BCUT2D eigenvalue weighted by Crippen LogP contribution is -2.31. The van der Waals surface area contributed by atoms with Crippen LogP contribution in [0.2, 0.25) is 0 Å². The van der Waals surface area contributed by atoms with Gasteiger partial charge in [-0.05, 0) is 24.8 Å². The Hall–Kier alpha value is -0.570. The molecule has 1 fully saturated rings. The largest absolute Gasteiger partial charge is 0.372 e. The Morgan fingerprint density at radius 3 is 2.53 bits per heavy atom. The van der Waals surface area contributed by atoms with Gasteiger partial charge in [0.15, 0.2) is 0 Å². The summed E-state index contributed by atoms with van der Waals surface area (Å²) in [6, 6.07) is 10.5. The van der Waals surface area contributed by atoms with Crippen molar-refractivity contribution in [3.05, 3.63) is 35.9 Å². The van der Waals surface area contributed by atoms with Crippen LogP contribution in [0.25, 0.3) is 0 Å². The molecule has 15 heavy (non-hydrogen) atoms. The minimum absolute atomic E-state index is 0. The number of benzene rings is 1. The molecule has 1 aliphatic rings. The second-order valence-corrected chi connectivity index (χ2v) is 3.93. The highest BCUT2D eigenvalue weighted by Crippen LogP contribution is 2.21. The van der Waals surface area contributed by atoms with Gasteiger partial charge in [-0.1, -0.05) is 30.3 Å². The highest BCUT2D eigenvalue weighted by atomic mass is 35.5. The van der Waals surface area contributed by atoms with Gasteiger partial charge in [-0.25, -0.2) is 0 Å². The van der Waals surface area contributed by atoms with Gasteiger partial charge in [0.25, 0.3) is 0 Å². The third-order valence-electron chi connectivity index (χ3n) is 2.81. The first-order valence-electron chi connectivity index (χ1n) is 5.27. The molecule has 0 saturated heterocycles. The maximum Gasteiger partial charge on any atom is 0.0730 e. The summed E-state index contributed by atoms with van der Waals surface area (Å²) in [6.07, 6.45) is 3.71. The van der Waals surface area contributed by atoms with Crippen LogP contribution in [0.4, 0.5) is 0 Å². The van der Waals surface area contributed by atoms with Crippen LogP contribution < -0.4 is 5.73 Å². The summed E-state index contributed by atoms with van der Waals surface area (Å²) in [5.74, 6) is 0. The van der Waals surface area contributed by atoms with E-state index in [2.05, 4.69) is 12.1 Å². The van der Waals surface area contributed by atoms with Gasteiger partial charge in [0.05, 0.1) is 12.7 Å². The van der Waals surface area contributed by atoms with E-state index in [1.807, 2.05) is 18.2 Å². The van der Waals surface area contributed by atoms with Crippen LogP contribution in [-0.2, 0) is 11.3 Å². The zero-order valence-electron chi connectivity index (χ0n) is 8.76. The summed E-state index contributed by atoms with van der Waals surface area (Å²) >= 11 is 0. The molecule has 0 unspecified atom stereocenters. The van der Waals surface area contributed by atoms with Crippen molar-refractivity contribution in [1.29, 1.82) is 0 Å². The molecule has 0 aromatic heterocycles. The van der Waals surface area contributed by atoms with E-state index in [1.54, 1.807) is 0 Å². The lowest BCUT2D eigenvalue weighted by Gasteiger charge is -2.16. The van der Waals surface area contributed by atoms with E-state index < -0.39 is 0 Å². The van der Waals surface area contributed by atoms with Crippen molar-refractivity contribution >= 4 is 12.4 Å². The van der Waals surface area contributed by atoms with Crippen LogP contribution >= 0.6 is 12.4 Å². The molecule has 2 atom stereocenters. The van der Waals surface area contributed by atoms with Gasteiger partial charge < -0.3 is 10.5 Å². The minimum atomic E-state index is 0. The second kappa shape index (κ2) is 6.11. The third kappa shape index (κ3) is 3.49. The summed E-state index contributed by atoms with van der Waals surface area (Å²) in [6.45, 7) is 0.694. The van der Waals surface area contributed by atoms with E-state index in [-0.39, 0.29) is 24.6 Å². The van der Waals surface area contributed by atoms with E-state index >= 15 is 0 Å². The van der Waals surface area contributed by atoms with Crippen LogP contribution in [0.15, 0.2) is 30.3 Å². The van der Waals surface area contributed by atoms with Crippen molar-refractivity contribution in [3.63, 3.8) is 0 Å². The Labute approximate surface area is 97.2 Å². The standard InChI is InChI=1S/C12H17NO.ClH/c13-11-7-4-8-12(11)14-9-10-5-2-1-3-6-10;/h1-3,5-6,11-12H,4,7-9,13H2;1H/t11-,12-;/m0./s1. The molecule has 0 spiro atoms.